The number of ether oxygens (including phenoxy) is 1. The van der Waals surface area contributed by atoms with Crippen LogP contribution in [0.4, 0.5) is 4.79 Å². The van der Waals surface area contributed by atoms with Gasteiger partial charge in [-0.1, -0.05) is 105 Å². The standard InChI is InChI=1S/C41H43NO4/c1-37-18-15-30(43)23-39(37)21-22-41(32(24-39)35(44)28-10-4-3-5-11-28)33(37)16-19-38(2)34(41)17-20-40(38)26-42(36(45)46-40)25-29-13-8-12-27-9-6-7-14-31(27)29/h3-14,21-22,24,30,33-34,43H,15-20,23,25-26H2,1-2H3/t30-,33+,34+,37+,38-,39-,40+,41-/m0/s1. The maximum Gasteiger partial charge on any atom is 0.410 e. The van der Waals surface area contributed by atoms with E-state index in [4.69, 9.17) is 4.74 Å². The van der Waals surface area contributed by atoms with E-state index >= 15 is 0 Å². The van der Waals surface area contributed by atoms with Gasteiger partial charge in [-0.05, 0) is 78.5 Å². The summed E-state index contributed by atoms with van der Waals surface area (Å²) in [5.74, 6) is 0.575. The monoisotopic (exact) mass is 613 g/mol. The van der Waals surface area contributed by atoms with Crippen molar-refractivity contribution < 1.29 is 19.4 Å². The van der Waals surface area contributed by atoms with Gasteiger partial charge in [-0.25, -0.2) is 4.79 Å². The smallest absolute Gasteiger partial charge is 0.410 e. The Morgan fingerprint density at radius 3 is 2.43 bits per heavy atom. The normalized spacial score (nSPS) is 40.4. The van der Waals surface area contributed by atoms with E-state index in [-0.39, 0.29) is 40.1 Å². The van der Waals surface area contributed by atoms with Gasteiger partial charge in [0.1, 0.15) is 5.60 Å². The summed E-state index contributed by atoms with van der Waals surface area (Å²) in [6.45, 7) is 5.91. The molecular formula is C41H43NO4. The Hall–Kier alpha value is -3.70. The third-order valence-electron chi connectivity index (χ3n) is 14.2. The maximum atomic E-state index is 14.7. The lowest BCUT2D eigenvalue weighted by Crippen LogP contribution is -2.67. The van der Waals surface area contributed by atoms with Crippen molar-refractivity contribution in [2.75, 3.05) is 6.54 Å². The summed E-state index contributed by atoms with van der Waals surface area (Å²) in [6.07, 6.45) is 12.6. The van der Waals surface area contributed by atoms with Gasteiger partial charge in [0.05, 0.1) is 12.6 Å². The lowest BCUT2D eigenvalue weighted by Gasteiger charge is -2.71. The molecule has 0 unspecified atom stereocenters. The number of aliphatic hydroxyl groups is 1. The molecule has 0 radical (unpaired) electrons. The molecule has 3 spiro atoms. The Bertz CT molecular complexity index is 1840. The van der Waals surface area contributed by atoms with Gasteiger partial charge in [0.25, 0.3) is 0 Å². The molecule has 7 aliphatic rings. The molecule has 1 N–H and O–H groups in total. The van der Waals surface area contributed by atoms with Crippen LogP contribution in [0.25, 0.3) is 10.8 Å². The molecule has 5 heteroatoms. The number of benzene rings is 3. The number of hydrogen-bond acceptors (Lipinski definition) is 4. The van der Waals surface area contributed by atoms with Crippen LogP contribution >= 0.6 is 0 Å². The number of fused-ring (bicyclic) bond motifs is 3. The first-order chi connectivity index (χ1) is 22.1. The van der Waals surface area contributed by atoms with Gasteiger partial charge in [0.2, 0.25) is 0 Å². The number of carbonyl (C=O) groups is 2. The molecule has 6 aliphatic carbocycles. The highest BCUT2D eigenvalue weighted by molar-refractivity contribution is 6.10. The molecule has 1 amide bonds. The van der Waals surface area contributed by atoms with E-state index < -0.39 is 11.0 Å². The number of nitrogens with zero attached hydrogens (tertiary/aromatic N) is 1. The molecule has 3 aromatic carbocycles. The highest BCUT2D eigenvalue weighted by atomic mass is 16.6. The molecule has 3 aromatic rings. The van der Waals surface area contributed by atoms with E-state index in [0.717, 1.165) is 55.2 Å². The van der Waals surface area contributed by atoms with Gasteiger partial charge < -0.3 is 9.84 Å². The van der Waals surface area contributed by atoms with Gasteiger partial charge in [-0.15, -0.1) is 0 Å². The second-order valence-electron chi connectivity index (χ2n) is 15.8. The predicted molar refractivity (Wildman–Crippen MR) is 178 cm³/mol. The van der Waals surface area contributed by atoms with Crippen molar-refractivity contribution >= 4 is 22.6 Å². The summed E-state index contributed by atoms with van der Waals surface area (Å²) < 4.78 is 6.61. The molecule has 46 heavy (non-hydrogen) atoms. The van der Waals surface area contributed by atoms with Gasteiger partial charge in [-0.2, -0.15) is 0 Å². The predicted octanol–water partition coefficient (Wildman–Crippen LogP) is 8.27. The number of rotatable bonds is 4. The van der Waals surface area contributed by atoms with E-state index in [2.05, 4.69) is 74.5 Å². The third kappa shape index (κ3) is 3.45. The van der Waals surface area contributed by atoms with Crippen molar-refractivity contribution in [1.29, 1.82) is 0 Å². The zero-order chi connectivity index (χ0) is 31.5. The fourth-order valence-corrected chi connectivity index (χ4v) is 11.9. The Morgan fingerprint density at radius 2 is 1.59 bits per heavy atom. The van der Waals surface area contributed by atoms with Crippen LogP contribution in [0.15, 0.2) is 96.6 Å². The highest BCUT2D eigenvalue weighted by Crippen LogP contribution is 2.79. The molecule has 0 aromatic heterocycles. The second-order valence-corrected chi connectivity index (χ2v) is 15.8. The van der Waals surface area contributed by atoms with Crippen LogP contribution in [0.1, 0.15) is 74.7 Å². The van der Waals surface area contributed by atoms with Gasteiger partial charge >= 0.3 is 6.09 Å². The Balaban J connectivity index is 1.13. The fourth-order valence-electron chi connectivity index (χ4n) is 11.9. The molecule has 1 saturated heterocycles. The van der Waals surface area contributed by atoms with Gasteiger partial charge in [0, 0.05) is 33.9 Å². The van der Waals surface area contributed by atoms with E-state index in [1.807, 2.05) is 35.2 Å². The van der Waals surface area contributed by atoms with E-state index in [1.54, 1.807) is 0 Å². The average molecular weight is 614 g/mol. The van der Waals surface area contributed by atoms with Crippen molar-refractivity contribution in [2.45, 2.75) is 77.0 Å². The minimum atomic E-state index is -0.594. The summed E-state index contributed by atoms with van der Waals surface area (Å²) in [7, 11) is 0. The number of Topliss-reactive ketones (excluding diaryl/α,β-unsaturated/α-hetero) is 1. The zero-order valence-electron chi connectivity index (χ0n) is 26.9. The van der Waals surface area contributed by atoms with E-state index in [9.17, 15) is 14.7 Å². The molecule has 2 bridgehead atoms. The minimum absolute atomic E-state index is 0.0364. The average Bonchev–Trinajstić information content (AvgIpc) is 3.55. The lowest BCUT2D eigenvalue weighted by molar-refractivity contribution is -0.164. The molecule has 1 aliphatic heterocycles. The van der Waals surface area contributed by atoms with Crippen LogP contribution < -0.4 is 0 Å². The number of amides is 1. The molecule has 5 nitrogen and oxygen atoms in total. The largest absolute Gasteiger partial charge is 0.440 e. The first kappa shape index (κ1) is 28.5. The Morgan fingerprint density at radius 1 is 0.870 bits per heavy atom. The first-order valence-electron chi connectivity index (χ1n) is 17.3. The number of allylic oxidation sites excluding steroid dienone is 4. The summed E-state index contributed by atoms with van der Waals surface area (Å²) in [6, 6.07) is 24.4. The molecule has 8 atom stereocenters. The highest BCUT2D eigenvalue weighted by Gasteiger charge is 2.76. The van der Waals surface area contributed by atoms with Gasteiger partial charge in [0.15, 0.2) is 5.78 Å². The van der Waals surface area contributed by atoms with Crippen LogP contribution in [-0.4, -0.2) is 40.1 Å². The summed E-state index contributed by atoms with van der Waals surface area (Å²) in [5.41, 5.74) is 1.12. The Kier molecular flexibility index (Phi) is 5.85. The summed E-state index contributed by atoms with van der Waals surface area (Å²) in [5, 5.41) is 13.3. The number of carbonyl (C=O) groups excluding carboxylic acids is 2. The van der Waals surface area contributed by atoms with Crippen LogP contribution in [0.3, 0.4) is 0 Å². The van der Waals surface area contributed by atoms with Crippen LogP contribution in [0.5, 0.6) is 0 Å². The maximum absolute atomic E-state index is 14.7. The van der Waals surface area contributed by atoms with Crippen LogP contribution in [-0.2, 0) is 11.3 Å². The SMILES string of the molecule is C[C@]12CC[C@H]3[C@@]4(C=C[C@@]5(C=C4C(=O)c4ccccc4)C[C@@H](O)CC[C@]35C)[C@@H]1CC[C@@]21CN(Cc2cccc3ccccc23)C(=O)O1. The van der Waals surface area contributed by atoms with Crippen molar-refractivity contribution in [3.8, 4) is 0 Å². The van der Waals surface area contributed by atoms with Crippen LogP contribution in [0.2, 0.25) is 0 Å². The Labute approximate surface area is 271 Å². The van der Waals surface area contributed by atoms with Crippen molar-refractivity contribution in [2.24, 2.45) is 33.5 Å². The summed E-state index contributed by atoms with van der Waals surface area (Å²) in [4.78, 5) is 30.3. The van der Waals surface area contributed by atoms with Crippen molar-refractivity contribution in [1.82, 2.24) is 4.90 Å². The topological polar surface area (TPSA) is 66.8 Å². The first-order valence-corrected chi connectivity index (χ1v) is 17.3. The number of ketones is 1. The third-order valence-corrected chi connectivity index (χ3v) is 14.2. The van der Waals surface area contributed by atoms with Crippen molar-refractivity contribution in [3.63, 3.8) is 0 Å². The number of aliphatic hydroxyl groups excluding tert-OH is 1. The molecule has 4 fully saturated rings. The van der Waals surface area contributed by atoms with Crippen molar-refractivity contribution in [3.05, 3.63) is 108 Å². The summed E-state index contributed by atoms with van der Waals surface area (Å²) >= 11 is 0. The van der Waals surface area contributed by atoms with Gasteiger partial charge in [-0.3, -0.25) is 9.69 Å². The van der Waals surface area contributed by atoms with E-state index in [0.29, 0.717) is 25.4 Å². The quantitative estimate of drug-likeness (QED) is 0.238. The van der Waals surface area contributed by atoms with E-state index in [1.165, 1.54) is 10.8 Å². The molecule has 1 heterocycles. The lowest BCUT2D eigenvalue weighted by atomic mass is 9.32. The molecule has 10 rings (SSSR count). The minimum Gasteiger partial charge on any atom is -0.440 e. The second kappa shape index (κ2) is 9.44. The molecular weight excluding hydrogens is 570 g/mol. The zero-order valence-corrected chi connectivity index (χ0v) is 26.9. The molecule has 236 valence electrons. The molecule has 3 saturated carbocycles. The van der Waals surface area contributed by atoms with Crippen LogP contribution in [0, 0.1) is 33.5 Å². The fraction of sp³-hybridized carbons (Fsp3) is 0.463. The number of hydrogen-bond donors (Lipinski definition) is 1.